The number of nitrogens with zero attached hydrogens (tertiary/aromatic N) is 1. The van der Waals surface area contributed by atoms with Crippen molar-refractivity contribution in [2.45, 2.75) is 50.2 Å². The number of benzene rings is 2. The minimum Gasteiger partial charge on any atom is -0.454 e. The number of ether oxygens (including phenoxy) is 3. The molecule has 1 saturated heterocycles. The topological polar surface area (TPSA) is 74.3 Å². The number of hydrogen-bond donors (Lipinski definition) is 0. The lowest BCUT2D eigenvalue weighted by molar-refractivity contribution is -0.0783. The van der Waals surface area contributed by atoms with Gasteiger partial charge in [-0.2, -0.15) is 8.42 Å². The van der Waals surface area contributed by atoms with Gasteiger partial charge in [-0.05, 0) is 47.6 Å². The van der Waals surface area contributed by atoms with Gasteiger partial charge < -0.3 is 14.2 Å². The van der Waals surface area contributed by atoms with Crippen LogP contribution in [0.3, 0.4) is 0 Å². The molecule has 2 aromatic rings. The van der Waals surface area contributed by atoms with Crippen molar-refractivity contribution in [1.29, 1.82) is 0 Å². The molecule has 2 bridgehead atoms. The van der Waals surface area contributed by atoms with Crippen LogP contribution in [0.5, 0.6) is 11.5 Å². The van der Waals surface area contributed by atoms with Crippen LogP contribution in [-0.2, 0) is 32.2 Å². The molecule has 0 amide bonds. The maximum absolute atomic E-state index is 12.0. The van der Waals surface area contributed by atoms with Crippen molar-refractivity contribution in [2.75, 3.05) is 19.6 Å². The van der Waals surface area contributed by atoms with Gasteiger partial charge in [0.15, 0.2) is 11.5 Å². The van der Waals surface area contributed by atoms with Gasteiger partial charge in [0, 0.05) is 25.0 Å². The van der Waals surface area contributed by atoms with E-state index in [1.165, 1.54) is 11.1 Å². The van der Waals surface area contributed by atoms with Crippen LogP contribution in [0.15, 0.2) is 42.5 Å². The molecule has 2 fully saturated rings. The molecule has 3 heterocycles. The third kappa shape index (κ3) is 3.69. The van der Waals surface area contributed by atoms with Crippen LogP contribution in [0.25, 0.3) is 0 Å². The number of fused-ring (bicyclic) bond motifs is 8. The molecule has 2 aromatic carbocycles. The van der Waals surface area contributed by atoms with Gasteiger partial charge in [-0.25, -0.2) is 0 Å². The molecule has 3 aliphatic heterocycles. The molecule has 6 rings (SSSR count). The van der Waals surface area contributed by atoms with Gasteiger partial charge in [-0.15, -0.1) is 0 Å². The van der Waals surface area contributed by atoms with E-state index in [9.17, 15) is 8.42 Å². The highest BCUT2D eigenvalue weighted by atomic mass is 32.2. The molecular formula is C24H27NO6S. The Morgan fingerprint density at radius 3 is 2.62 bits per heavy atom. The zero-order valence-corrected chi connectivity index (χ0v) is 18.8. The van der Waals surface area contributed by atoms with Gasteiger partial charge in [-0.1, -0.05) is 30.3 Å². The molecule has 0 N–H and O–H groups in total. The molecular weight excluding hydrogens is 430 g/mol. The first-order valence-corrected chi connectivity index (χ1v) is 13.0. The van der Waals surface area contributed by atoms with E-state index in [0.29, 0.717) is 24.9 Å². The molecule has 170 valence electrons. The summed E-state index contributed by atoms with van der Waals surface area (Å²) < 4.78 is 47.1. The predicted octanol–water partition coefficient (Wildman–Crippen LogP) is 3.04. The fraction of sp³-hybridized carbons (Fsp3) is 0.500. The van der Waals surface area contributed by atoms with Crippen molar-refractivity contribution in [3.63, 3.8) is 0 Å². The Hall–Kier alpha value is -2.13. The summed E-state index contributed by atoms with van der Waals surface area (Å²) in [5.74, 6) is 2.40. The smallest absolute Gasteiger partial charge is 0.264 e. The summed E-state index contributed by atoms with van der Waals surface area (Å²) in [4.78, 5) is 2.48. The Labute approximate surface area is 188 Å². The third-order valence-corrected chi connectivity index (χ3v) is 7.91. The summed E-state index contributed by atoms with van der Waals surface area (Å²) in [6.07, 6.45) is 1.79. The Morgan fingerprint density at radius 2 is 1.84 bits per heavy atom. The fourth-order valence-electron chi connectivity index (χ4n) is 6.01. The highest BCUT2D eigenvalue weighted by molar-refractivity contribution is 7.86. The van der Waals surface area contributed by atoms with Crippen molar-refractivity contribution in [3.8, 4) is 11.5 Å². The molecule has 1 unspecified atom stereocenters. The summed E-state index contributed by atoms with van der Waals surface area (Å²) in [6.45, 7) is 2.53. The van der Waals surface area contributed by atoms with E-state index in [1.54, 1.807) is 0 Å². The Balaban J connectivity index is 1.28. The average molecular weight is 458 g/mol. The molecule has 8 heteroatoms. The first-order valence-electron chi connectivity index (χ1n) is 11.1. The molecule has 0 aromatic heterocycles. The quantitative estimate of drug-likeness (QED) is 0.639. The van der Waals surface area contributed by atoms with Crippen molar-refractivity contribution >= 4 is 10.1 Å². The number of rotatable bonds is 5. The highest BCUT2D eigenvalue weighted by Crippen LogP contribution is 2.52. The van der Waals surface area contributed by atoms with Gasteiger partial charge in [-0.3, -0.25) is 9.08 Å². The van der Waals surface area contributed by atoms with Crippen molar-refractivity contribution in [2.24, 2.45) is 5.92 Å². The molecule has 1 aliphatic carbocycles. The van der Waals surface area contributed by atoms with Gasteiger partial charge in [0.2, 0.25) is 6.79 Å². The summed E-state index contributed by atoms with van der Waals surface area (Å²) in [5.41, 5.74) is 3.68. The summed E-state index contributed by atoms with van der Waals surface area (Å²) in [7, 11) is -3.58. The second-order valence-electron chi connectivity index (χ2n) is 9.32. The van der Waals surface area contributed by atoms with Gasteiger partial charge in [0.25, 0.3) is 10.1 Å². The molecule has 0 spiro atoms. The largest absolute Gasteiger partial charge is 0.454 e. The van der Waals surface area contributed by atoms with Crippen LogP contribution in [0.2, 0.25) is 0 Å². The predicted molar refractivity (Wildman–Crippen MR) is 117 cm³/mol. The van der Waals surface area contributed by atoms with Crippen molar-refractivity contribution in [3.05, 3.63) is 59.2 Å². The van der Waals surface area contributed by atoms with Crippen LogP contribution in [0.1, 0.15) is 35.4 Å². The summed E-state index contributed by atoms with van der Waals surface area (Å²) in [5, 5.41) is 0. The van der Waals surface area contributed by atoms with Gasteiger partial charge >= 0.3 is 0 Å². The molecule has 6 atom stereocenters. The highest BCUT2D eigenvalue weighted by Gasteiger charge is 2.52. The maximum atomic E-state index is 12.0. The van der Waals surface area contributed by atoms with E-state index < -0.39 is 16.2 Å². The molecule has 7 nitrogen and oxygen atoms in total. The lowest BCUT2D eigenvalue weighted by Gasteiger charge is -2.40. The number of hydrogen-bond acceptors (Lipinski definition) is 7. The third-order valence-electron chi connectivity index (χ3n) is 7.32. The van der Waals surface area contributed by atoms with Gasteiger partial charge in [0.05, 0.1) is 19.0 Å². The van der Waals surface area contributed by atoms with E-state index in [-0.39, 0.29) is 18.9 Å². The van der Waals surface area contributed by atoms with E-state index in [4.69, 9.17) is 18.4 Å². The van der Waals surface area contributed by atoms with Gasteiger partial charge in [0.1, 0.15) is 6.10 Å². The zero-order chi connectivity index (χ0) is 21.9. The van der Waals surface area contributed by atoms with E-state index in [1.807, 2.05) is 30.3 Å². The molecule has 32 heavy (non-hydrogen) atoms. The first-order chi connectivity index (χ1) is 15.4. The van der Waals surface area contributed by atoms with Crippen LogP contribution >= 0.6 is 0 Å². The van der Waals surface area contributed by atoms with Crippen molar-refractivity contribution in [1.82, 2.24) is 4.90 Å². The first kappa shape index (κ1) is 20.5. The molecule has 4 aliphatic rings. The Bertz CT molecular complexity index is 1120. The SMILES string of the molecule is CS(=O)(=O)O[C@H]1C[C@H]2[C@@H](C[C@H]1OCc1ccccc1)[C@H]1CN2Cc2cc3c(cc21)OCO3. The van der Waals surface area contributed by atoms with Crippen LogP contribution < -0.4 is 9.47 Å². The molecule has 0 radical (unpaired) electrons. The average Bonchev–Trinajstić information content (AvgIpc) is 3.33. The minimum atomic E-state index is -3.58. The standard InChI is InChI=1S/C24H27NO6S/c1-32(26,27)31-24-10-20-18(9-23(24)28-13-15-5-3-2-4-6-15)19-12-25(20)11-16-7-21-22(8-17(16)19)30-14-29-21/h2-8,18-20,23-24H,9-14H2,1H3/t18-,19-,20-,23+,24-/m0/s1. The monoisotopic (exact) mass is 457 g/mol. The van der Waals surface area contributed by atoms with E-state index in [0.717, 1.165) is 42.8 Å². The Kier molecular flexibility index (Phi) is 4.94. The second-order valence-corrected chi connectivity index (χ2v) is 10.9. The maximum Gasteiger partial charge on any atom is 0.264 e. The summed E-state index contributed by atoms with van der Waals surface area (Å²) in [6, 6.07) is 14.5. The van der Waals surface area contributed by atoms with Crippen LogP contribution in [-0.4, -0.2) is 51.2 Å². The van der Waals surface area contributed by atoms with Crippen LogP contribution in [0, 0.1) is 5.92 Å². The lowest BCUT2D eigenvalue weighted by atomic mass is 9.74. The fourth-order valence-corrected chi connectivity index (χ4v) is 6.66. The zero-order valence-electron chi connectivity index (χ0n) is 18.0. The van der Waals surface area contributed by atoms with E-state index >= 15 is 0 Å². The molecule has 1 saturated carbocycles. The lowest BCUT2D eigenvalue weighted by Crippen LogP contribution is -2.47. The minimum absolute atomic E-state index is 0.271. The normalized spacial score (nSPS) is 32.4. The summed E-state index contributed by atoms with van der Waals surface area (Å²) >= 11 is 0. The Morgan fingerprint density at radius 1 is 1.06 bits per heavy atom. The van der Waals surface area contributed by atoms with E-state index in [2.05, 4.69) is 17.0 Å². The van der Waals surface area contributed by atoms with Crippen LogP contribution in [0.4, 0.5) is 0 Å². The second kappa shape index (κ2) is 7.73. The van der Waals surface area contributed by atoms with Crippen molar-refractivity contribution < 1.29 is 26.8 Å².